The summed E-state index contributed by atoms with van der Waals surface area (Å²) in [5.41, 5.74) is 0. The van der Waals surface area contributed by atoms with Crippen molar-refractivity contribution in [1.29, 1.82) is 0 Å². The first-order chi connectivity index (χ1) is 9.47. The summed E-state index contributed by atoms with van der Waals surface area (Å²) in [5, 5.41) is 0. The van der Waals surface area contributed by atoms with E-state index in [9.17, 15) is 0 Å². The summed E-state index contributed by atoms with van der Waals surface area (Å²) in [4.78, 5) is 11.9. The molecule has 20 heavy (non-hydrogen) atoms. The molecule has 2 heterocycles. The van der Waals surface area contributed by atoms with Gasteiger partial charge in [0.15, 0.2) is 0 Å². The Hall–Kier alpha value is -0.200. The van der Waals surface area contributed by atoms with Gasteiger partial charge in [0.2, 0.25) is 0 Å². The van der Waals surface area contributed by atoms with Gasteiger partial charge >= 0.3 is 0 Å². The minimum atomic E-state index is 1.18. The fourth-order valence-corrected chi connectivity index (χ4v) is 2.32. The average Bonchev–Trinajstić information content (AvgIpc) is 2.42. The van der Waals surface area contributed by atoms with Gasteiger partial charge in [-0.05, 0) is 35.2 Å². The second kappa shape index (κ2) is 9.68. The summed E-state index contributed by atoms with van der Waals surface area (Å²) in [7, 11) is 10.8. The van der Waals surface area contributed by atoms with E-state index < -0.39 is 0 Å². The van der Waals surface area contributed by atoms with Gasteiger partial charge in [-0.2, -0.15) is 0 Å². The van der Waals surface area contributed by atoms with Gasteiger partial charge in [-0.25, -0.2) is 0 Å². The quantitative estimate of drug-likeness (QED) is 0.703. The van der Waals surface area contributed by atoms with Crippen molar-refractivity contribution in [3.8, 4) is 0 Å². The summed E-state index contributed by atoms with van der Waals surface area (Å²) in [6.07, 6.45) is 0. The molecule has 0 radical (unpaired) electrons. The standard InChI is InChI=1S/C9H21N3.C6H14N2/c1-10(2)4-7-12-8-5-11(3)6-9-12;1-7-3-5-8(2)6-4-7/h4-9H2,1-3H3;3-6H2,1-2H3. The topological polar surface area (TPSA) is 16.2 Å². The zero-order valence-electron chi connectivity index (χ0n) is 14.3. The summed E-state index contributed by atoms with van der Waals surface area (Å²) in [6, 6.07) is 0. The van der Waals surface area contributed by atoms with Crippen LogP contribution in [0.25, 0.3) is 0 Å². The highest BCUT2D eigenvalue weighted by atomic mass is 15.3. The zero-order valence-corrected chi connectivity index (χ0v) is 14.3. The minimum absolute atomic E-state index is 1.18. The summed E-state index contributed by atoms with van der Waals surface area (Å²) < 4.78 is 0. The van der Waals surface area contributed by atoms with Gasteiger partial charge in [0.25, 0.3) is 0 Å². The van der Waals surface area contributed by atoms with Crippen LogP contribution in [0.3, 0.4) is 0 Å². The van der Waals surface area contributed by atoms with Crippen molar-refractivity contribution < 1.29 is 0 Å². The van der Waals surface area contributed by atoms with Gasteiger partial charge in [-0.15, -0.1) is 0 Å². The monoisotopic (exact) mass is 285 g/mol. The van der Waals surface area contributed by atoms with Gasteiger partial charge in [-0.3, -0.25) is 4.90 Å². The Kier molecular flexibility index (Phi) is 8.64. The Balaban J connectivity index is 0.000000217. The SMILES string of the molecule is CN(C)CCN1CCN(C)CC1.CN1CCN(C)CC1. The number of hydrogen-bond acceptors (Lipinski definition) is 5. The van der Waals surface area contributed by atoms with Gasteiger partial charge in [0.05, 0.1) is 0 Å². The number of hydrogen-bond donors (Lipinski definition) is 0. The van der Waals surface area contributed by atoms with E-state index in [1.54, 1.807) is 0 Å². The van der Waals surface area contributed by atoms with Crippen LogP contribution in [0.5, 0.6) is 0 Å². The largest absolute Gasteiger partial charge is 0.308 e. The first-order valence-electron chi connectivity index (χ1n) is 7.90. The molecule has 5 heteroatoms. The van der Waals surface area contributed by atoms with Crippen molar-refractivity contribution >= 4 is 0 Å². The zero-order chi connectivity index (χ0) is 15.0. The van der Waals surface area contributed by atoms with Crippen molar-refractivity contribution in [2.24, 2.45) is 0 Å². The van der Waals surface area contributed by atoms with Crippen LogP contribution >= 0.6 is 0 Å². The van der Waals surface area contributed by atoms with Gasteiger partial charge in [-0.1, -0.05) is 0 Å². The van der Waals surface area contributed by atoms with E-state index in [0.717, 1.165) is 0 Å². The molecule has 0 N–H and O–H groups in total. The number of rotatable bonds is 3. The molecule has 5 nitrogen and oxygen atoms in total. The second-order valence-corrected chi connectivity index (χ2v) is 6.55. The van der Waals surface area contributed by atoms with E-state index in [2.05, 4.69) is 59.7 Å². The molecule has 2 rings (SSSR count). The molecule has 2 fully saturated rings. The predicted molar refractivity (Wildman–Crippen MR) is 87.5 cm³/mol. The number of likely N-dealkylation sites (N-methyl/N-ethyl adjacent to an activating group) is 4. The lowest BCUT2D eigenvalue weighted by Gasteiger charge is -2.32. The fraction of sp³-hybridized carbons (Fsp3) is 1.00. The van der Waals surface area contributed by atoms with Crippen molar-refractivity contribution in [3.63, 3.8) is 0 Å². The molecule has 0 aliphatic carbocycles. The summed E-state index contributed by atoms with van der Waals surface area (Å²) in [6.45, 7) is 12.3. The molecular formula is C15H35N5. The maximum atomic E-state index is 2.54. The molecule has 0 saturated carbocycles. The normalized spacial score (nSPS) is 23.7. The van der Waals surface area contributed by atoms with Crippen LogP contribution in [0, 0.1) is 0 Å². The van der Waals surface area contributed by atoms with E-state index in [-0.39, 0.29) is 0 Å². The lowest BCUT2D eigenvalue weighted by atomic mass is 10.3. The molecular weight excluding hydrogens is 250 g/mol. The minimum Gasteiger partial charge on any atom is -0.308 e. The molecule has 0 unspecified atom stereocenters. The summed E-state index contributed by atoms with van der Waals surface area (Å²) in [5.74, 6) is 0. The first kappa shape index (κ1) is 17.9. The van der Waals surface area contributed by atoms with Crippen molar-refractivity contribution in [2.75, 3.05) is 101 Å². The van der Waals surface area contributed by atoms with E-state index in [4.69, 9.17) is 0 Å². The highest BCUT2D eigenvalue weighted by molar-refractivity contribution is 4.69. The Morgan fingerprint density at radius 1 is 0.650 bits per heavy atom. The third-order valence-corrected chi connectivity index (χ3v) is 4.19. The molecule has 2 aliphatic heterocycles. The molecule has 0 aromatic carbocycles. The van der Waals surface area contributed by atoms with Crippen molar-refractivity contribution in [2.45, 2.75) is 0 Å². The van der Waals surface area contributed by atoms with Crippen LogP contribution < -0.4 is 0 Å². The molecule has 120 valence electrons. The Morgan fingerprint density at radius 2 is 1.00 bits per heavy atom. The highest BCUT2D eigenvalue weighted by Gasteiger charge is 2.12. The molecule has 0 bridgehead atoms. The van der Waals surface area contributed by atoms with Crippen molar-refractivity contribution in [1.82, 2.24) is 24.5 Å². The molecule has 0 aromatic rings. The Morgan fingerprint density at radius 3 is 1.35 bits per heavy atom. The fourth-order valence-electron chi connectivity index (χ4n) is 2.32. The van der Waals surface area contributed by atoms with E-state index in [0.29, 0.717) is 0 Å². The van der Waals surface area contributed by atoms with E-state index in [1.165, 1.54) is 65.4 Å². The lowest BCUT2D eigenvalue weighted by molar-refractivity contribution is 0.145. The smallest absolute Gasteiger partial charge is 0.0110 e. The molecule has 2 saturated heterocycles. The Bertz CT molecular complexity index is 220. The van der Waals surface area contributed by atoms with Crippen LogP contribution in [0.1, 0.15) is 0 Å². The molecule has 2 aliphatic rings. The van der Waals surface area contributed by atoms with Gasteiger partial charge < -0.3 is 19.6 Å². The molecule has 0 spiro atoms. The number of piperazine rings is 2. The van der Waals surface area contributed by atoms with Gasteiger partial charge in [0, 0.05) is 65.4 Å². The number of nitrogens with zero attached hydrogens (tertiary/aromatic N) is 5. The third-order valence-electron chi connectivity index (χ3n) is 4.19. The second-order valence-electron chi connectivity index (χ2n) is 6.55. The van der Waals surface area contributed by atoms with Crippen LogP contribution in [-0.2, 0) is 0 Å². The molecule has 0 amide bonds. The third kappa shape index (κ3) is 8.17. The first-order valence-corrected chi connectivity index (χ1v) is 7.90. The predicted octanol–water partition coefficient (Wildman–Crippen LogP) is -0.341. The average molecular weight is 285 g/mol. The van der Waals surface area contributed by atoms with Crippen LogP contribution in [0.2, 0.25) is 0 Å². The van der Waals surface area contributed by atoms with E-state index in [1.807, 2.05) is 0 Å². The maximum Gasteiger partial charge on any atom is 0.0110 e. The van der Waals surface area contributed by atoms with Gasteiger partial charge in [0.1, 0.15) is 0 Å². The molecule has 0 atom stereocenters. The van der Waals surface area contributed by atoms with E-state index >= 15 is 0 Å². The highest BCUT2D eigenvalue weighted by Crippen LogP contribution is 1.98. The van der Waals surface area contributed by atoms with Crippen LogP contribution in [0.15, 0.2) is 0 Å². The summed E-state index contributed by atoms with van der Waals surface area (Å²) >= 11 is 0. The molecule has 0 aromatic heterocycles. The van der Waals surface area contributed by atoms with Crippen LogP contribution in [0.4, 0.5) is 0 Å². The lowest BCUT2D eigenvalue weighted by Crippen LogP contribution is -2.46. The Labute approximate surface area is 126 Å². The maximum absolute atomic E-state index is 2.54. The van der Waals surface area contributed by atoms with Crippen molar-refractivity contribution in [3.05, 3.63) is 0 Å². The van der Waals surface area contributed by atoms with Crippen LogP contribution in [-0.4, -0.2) is 125 Å².